The van der Waals surface area contributed by atoms with Crippen molar-refractivity contribution in [3.05, 3.63) is 29.8 Å². The van der Waals surface area contributed by atoms with Crippen LogP contribution in [0.5, 0.6) is 11.5 Å². The van der Waals surface area contributed by atoms with E-state index in [9.17, 15) is 9.59 Å². The molecular weight excluding hydrogens is 308 g/mol. The predicted octanol–water partition coefficient (Wildman–Crippen LogP) is 1.97. The lowest BCUT2D eigenvalue weighted by atomic mass is 10.1. The number of ether oxygens (including phenoxy) is 2. The number of nitrogens with two attached hydrogens (primary N) is 1. The van der Waals surface area contributed by atoms with Gasteiger partial charge in [-0.25, -0.2) is 0 Å². The van der Waals surface area contributed by atoms with Gasteiger partial charge in [0.15, 0.2) is 18.1 Å². The van der Waals surface area contributed by atoms with Gasteiger partial charge in [0.25, 0.3) is 5.91 Å². The molecule has 1 aromatic rings. The number of amides is 2. The van der Waals surface area contributed by atoms with Gasteiger partial charge in [-0.3, -0.25) is 9.59 Å². The van der Waals surface area contributed by atoms with Gasteiger partial charge in [0.05, 0.1) is 7.11 Å². The number of hydrogen-bond acceptors (Lipinski definition) is 4. The second-order valence-corrected chi connectivity index (χ2v) is 5.89. The summed E-state index contributed by atoms with van der Waals surface area (Å²) < 4.78 is 10.5. The quantitative estimate of drug-likeness (QED) is 0.774. The molecule has 0 heterocycles. The fourth-order valence-electron chi connectivity index (χ4n) is 2.81. The third-order valence-electron chi connectivity index (χ3n) is 4.20. The second-order valence-electron chi connectivity index (χ2n) is 5.89. The molecule has 0 spiro atoms. The summed E-state index contributed by atoms with van der Waals surface area (Å²) in [6.07, 6.45) is 7.85. The number of carbonyl (C=O) groups excluding carboxylic acids is 2. The van der Waals surface area contributed by atoms with Crippen molar-refractivity contribution >= 4 is 17.9 Å². The lowest BCUT2D eigenvalue weighted by Crippen LogP contribution is -2.33. The minimum absolute atomic E-state index is 0.00470. The number of hydrogen-bond donors (Lipinski definition) is 1. The van der Waals surface area contributed by atoms with Gasteiger partial charge >= 0.3 is 0 Å². The van der Waals surface area contributed by atoms with Gasteiger partial charge in [-0.05, 0) is 36.6 Å². The van der Waals surface area contributed by atoms with Crippen LogP contribution in [0.2, 0.25) is 0 Å². The molecule has 2 rings (SSSR count). The number of primary amides is 1. The number of methoxy groups -OCH3 is 1. The summed E-state index contributed by atoms with van der Waals surface area (Å²) in [6, 6.07) is 5.57. The summed E-state index contributed by atoms with van der Waals surface area (Å²) in [7, 11) is 3.36. The molecule has 1 saturated carbocycles. The molecule has 0 atom stereocenters. The molecule has 1 aliphatic rings. The van der Waals surface area contributed by atoms with Gasteiger partial charge < -0.3 is 20.1 Å². The summed E-state index contributed by atoms with van der Waals surface area (Å²) in [6.45, 7) is -0.212. The van der Waals surface area contributed by atoms with Crippen molar-refractivity contribution in [2.45, 2.75) is 31.7 Å². The molecule has 130 valence electrons. The normalized spacial score (nSPS) is 14.8. The molecule has 0 saturated heterocycles. The Hall–Kier alpha value is -2.50. The van der Waals surface area contributed by atoms with Crippen LogP contribution in [0.25, 0.3) is 6.08 Å². The minimum Gasteiger partial charge on any atom is -0.493 e. The molecule has 2 amide bonds. The van der Waals surface area contributed by atoms with Crippen LogP contribution in [0.15, 0.2) is 24.3 Å². The Labute approximate surface area is 142 Å². The average Bonchev–Trinajstić information content (AvgIpc) is 3.11. The standard InChI is InChI=1S/C18H24N2O4/c1-20(14-5-3-4-6-14)18(22)10-8-13-7-9-15(16(11-13)23-2)24-12-17(19)21/h7-11,14H,3-6,12H2,1-2H3,(H2,19,21)/b10-8+. The highest BCUT2D eigenvalue weighted by Crippen LogP contribution is 2.28. The van der Waals surface area contributed by atoms with E-state index in [1.807, 2.05) is 11.9 Å². The Bertz CT molecular complexity index is 621. The molecule has 24 heavy (non-hydrogen) atoms. The Morgan fingerprint density at radius 1 is 1.29 bits per heavy atom. The highest BCUT2D eigenvalue weighted by atomic mass is 16.5. The maximum absolute atomic E-state index is 12.2. The van der Waals surface area contributed by atoms with Crippen molar-refractivity contribution in [2.75, 3.05) is 20.8 Å². The van der Waals surface area contributed by atoms with Crippen LogP contribution in [0, 0.1) is 0 Å². The number of rotatable bonds is 7. The molecule has 0 aromatic heterocycles. The Kier molecular flexibility index (Phi) is 6.23. The number of benzene rings is 1. The van der Waals surface area contributed by atoms with E-state index >= 15 is 0 Å². The fourth-order valence-corrected chi connectivity index (χ4v) is 2.81. The predicted molar refractivity (Wildman–Crippen MR) is 91.7 cm³/mol. The van der Waals surface area contributed by atoms with E-state index in [1.54, 1.807) is 30.4 Å². The van der Waals surface area contributed by atoms with Gasteiger partial charge in [-0.1, -0.05) is 18.9 Å². The van der Waals surface area contributed by atoms with Crippen LogP contribution in [0.1, 0.15) is 31.2 Å². The lowest BCUT2D eigenvalue weighted by Gasteiger charge is -2.22. The molecule has 0 unspecified atom stereocenters. The van der Waals surface area contributed by atoms with Crippen LogP contribution in [0.4, 0.5) is 0 Å². The maximum Gasteiger partial charge on any atom is 0.255 e. The molecule has 1 aliphatic carbocycles. The maximum atomic E-state index is 12.2. The topological polar surface area (TPSA) is 81.9 Å². The Balaban J connectivity index is 2.03. The summed E-state index contributed by atoms with van der Waals surface area (Å²) in [4.78, 5) is 24.8. The van der Waals surface area contributed by atoms with E-state index < -0.39 is 5.91 Å². The van der Waals surface area contributed by atoms with Crippen LogP contribution < -0.4 is 15.2 Å². The molecular formula is C18H24N2O4. The third-order valence-corrected chi connectivity index (χ3v) is 4.20. The molecule has 1 aromatic carbocycles. The van der Waals surface area contributed by atoms with Gasteiger partial charge in [0.2, 0.25) is 5.91 Å². The van der Waals surface area contributed by atoms with E-state index in [2.05, 4.69) is 0 Å². The van der Waals surface area contributed by atoms with Crippen molar-refractivity contribution < 1.29 is 19.1 Å². The SMILES string of the molecule is COc1cc(/C=C/C(=O)N(C)C2CCCC2)ccc1OCC(N)=O. The van der Waals surface area contributed by atoms with E-state index in [4.69, 9.17) is 15.2 Å². The number of nitrogens with zero attached hydrogens (tertiary/aromatic N) is 1. The van der Waals surface area contributed by atoms with Gasteiger partial charge in [0.1, 0.15) is 0 Å². The lowest BCUT2D eigenvalue weighted by molar-refractivity contribution is -0.126. The monoisotopic (exact) mass is 332 g/mol. The van der Waals surface area contributed by atoms with Crippen LogP contribution >= 0.6 is 0 Å². The number of likely N-dealkylation sites (N-methyl/N-ethyl adjacent to an activating group) is 1. The van der Waals surface area contributed by atoms with Gasteiger partial charge in [-0.15, -0.1) is 0 Å². The second kappa shape index (κ2) is 8.38. The summed E-state index contributed by atoms with van der Waals surface area (Å²) in [5.41, 5.74) is 5.88. The van der Waals surface area contributed by atoms with E-state index in [1.165, 1.54) is 20.0 Å². The zero-order valence-corrected chi connectivity index (χ0v) is 14.2. The van der Waals surface area contributed by atoms with E-state index in [-0.39, 0.29) is 12.5 Å². The largest absolute Gasteiger partial charge is 0.493 e. The molecule has 0 radical (unpaired) electrons. The zero-order chi connectivity index (χ0) is 17.5. The van der Waals surface area contributed by atoms with Crippen molar-refractivity contribution in [3.8, 4) is 11.5 Å². The van der Waals surface area contributed by atoms with Crippen molar-refractivity contribution in [1.29, 1.82) is 0 Å². The van der Waals surface area contributed by atoms with Crippen molar-refractivity contribution in [2.24, 2.45) is 5.73 Å². The Morgan fingerprint density at radius 2 is 2.00 bits per heavy atom. The van der Waals surface area contributed by atoms with Crippen LogP contribution in [-0.2, 0) is 9.59 Å². The molecule has 6 heteroatoms. The van der Waals surface area contributed by atoms with Gasteiger partial charge in [0, 0.05) is 19.2 Å². The molecule has 1 fully saturated rings. The third kappa shape index (κ3) is 4.75. The van der Waals surface area contributed by atoms with Crippen LogP contribution in [-0.4, -0.2) is 43.5 Å². The minimum atomic E-state index is -0.554. The first-order valence-corrected chi connectivity index (χ1v) is 8.05. The summed E-state index contributed by atoms with van der Waals surface area (Å²) >= 11 is 0. The first-order chi connectivity index (χ1) is 11.5. The highest BCUT2D eigenvalue weighted by molar-refractivity contribution is 5.92. The molecule has 6 nitrogen and oxygen atoms in total. The first kappa shape index (κ1) is 17.8. The molecule has 0 bridgehead atoms. The van der Waals surface area contributed by atoms with Crippen LogP contribution in [0.3, 0.4) is 0 Å². The van der Waals surface area contributed by atoms with Gasteiger partial charge in [-0.2, -0.15) is 0 Å². The molecule has 0 aliphatic heterocycles. The summed E-state index contributed by atoms with van der Waals surface area (Å²) in [5.74, 6) is 0.356. The average molecular weight is 332 g/mol. The zero-order valence-electron chi connectivity index (χ0n) is 14.2. The van der Waals surface area contributed by atoms with E-state index in [0.29, 0.717) is 17.5 Å². The Morgan fingerprint density at radius 3 is 2.62 bits per heavy atom. The smallest absolute Gasteiger partial charge is 0.255 e. The first-order valence-electron chi connectivity index (χ1n) is 8.05. The molecule has 2 N–H and O–H groups in total. The highest BCUT2D eigenvalue weighted by Gasteiger charge is 2.21. The number of carbonyl (C=O) groups is 2. The summed E-state index contributed by atoms with van der Waals surface area (Å²) in [5, 5.41) is 0. The van der Waals surface area contributed by atoms with Crippen molar-refractivity contribution in [3.63, 3.8) is 0 Å². The van der Waals surface area contributed by atoms with E-state index in [0.717, 1.165) is 18.4 Å². The van der Waals surface area contributed by atoms with Crippen molar-refractivity contribution in [1.82, 2.24) is 4.90 Å². The fraction of sp³-hybridized carbons (Fsp3) is 0.444.